The van der Waals surface area contributed by atoms with Crippen LogP contribution in [0.4, 0.5) is 5.82 Å². The van der Waals surface area contributed by atoms with E-state index >= 15 is 0 Å². The summed E-state index contributed by atoms with van der Waals surface area (Å²) in [6, 6.07) is 15.3. The Bertz CT molecular complexity index is 1170. The largest absolute Gasteiger partial charge is 0.353 e. The number of halogens is 1. The Balaban J connectivity index is 1.28. The summed E-state index contributed by atoms with van der Waals surface area (Å²) in [5, 5.41) is 5.22. The second kappa shape index (κ2) is 10.5. The first-order valence-electron chi connectivity index (χ1n) is 12.2. The fraction of sp³-hybridized carbons (Fsp3) is 0.423. The number of aromatic nitrogens is 2. The van der Waals surface area contributed by atoms with Crippen molar-refractivity contribution in [3.8, 4) is 0 Å². The van der Waals surface area contributed by atoms with Gasteiger partial charge < -0.3 is 20.9 Å². The van der Waals surface area contributed by atoms with Crippen LogP contribution in [0.2, 0.25) is 5.02 Å². The van der Waals surface area contributed by atoms with Gasteiger partial charge >= 0.3 is 0 Å². The molecule has 184 valence electrons. The van der Waals surface area contributed by atoms with E-state index in [4.69, 9.17) is 17.3 Å². The quantitative estimate of drug-likeness (QED) is 0.562. The summed E-state index contributed by atoms with van der Waals surface area (Å²) < 4.78 is 0. The second-order valence-corrected chi connectivity index (χ2v) is 9.84. The Morgan fingerprint density at radius 2 is 1.94 bits per heavy atom. The van der Waals surface area contributed by atoms with Gasteiger partial charge in [0, 0.05) is 55.7 Å². The van der Waals surface area contributed by atoms with Gasteiger partial charge in [0.15, 0.2) is 0 Å². The minimum absolute atomic E-state index is 0.00266. The predicted octanol–water partition coefficient (Wildman–Crippen LogP) is 2.12. The molecule has 2 saturated heterocycles. The second-order valence-electron chi connectivity index (χ2n) is 9.40. The molecule has 3 N–H and O–H groups in total. The van der Waals surface area contributed by atoms with Crippen molar-refractivity contribution < 1.29 is 4.79 Å². The van der Waals surface area contributed by atoms with Crippen molar-refractivity contribution in [2.24, 2.45) is 5.73 Å². The molecule has 9 heteroatoms. The molecule has 1 amide bonds. The van der Waals surface area contributed by atoms with Crippen molar-refractivity contribution in [3.05, 3.63) is 65.4 Å². The average Bonchev–Trinajstić information content (AvgIpc) is 2.89. The lowest BCUT2D eigenvalue weighted by Crippen LogP contribution is -2.68. The molecule has 0 aliphatic carbocycles. The van der Waals surface area contributed by atoms with Gasteiger partial charge in [0.2, 0.25) is 5.91 Å². The Kier molecular flexibility index (Phi) is 7.15. The number of nitrogens with two attached hydrogens (primary N) is 1. The number of fused-ring (bicyclic) bond motifs is 1. The van der Waals surface area contributed by atoms with Gasteiger partial charge in [0.1, 0.15) is 12.1 Å². The Labute approximate surface area is 211 Å². The summed E-state index contributed by atoms with van der Waals surface area (Å²) in [6.07, 6.45) is 2.12. The number of hydrogen-bond acceptors (Lipinski definition) is 7. The van der Waals surface area contributed by atoms with E-state index in [-0.39, 0.29) is 18.1 Å². The molecular weight excluding hydrogens is 462 g/mol. The van der Waals surface area contributed by atoms with Crippen LogP contribution >= 0.6 is 11.6 Å². The van der Waals surface area contributed by atoms with E-state index in [1.165, 1.54) is 0 Å². The van der Waals surface area contributed by atoms with Gasteiger partial charge in [-0.15, -0.1) is 0 Å². The molecule has 35 heavy (non-hydrogen) atoms. The summed E-state index contributed by atoms with van der Waals surface area (Å²) in [5.41, 5.74) is 8.38. The Morgan fingerprint density at radius 3 is 2.74 bits per heavy atom. The van der Waals surface area contributed by atoms with Crippen molar-refractivity contribution >= 4 is 34.2 Å². The van der Waals surface area contributed by atoms with E-state index in [0.29, 0.717) is 18.0 Å². The third-order valence-electron chi connectivity index (χ3n) is 7.07. The third-order valence-corrected chi connectivity index (χ3v) is 7.32. The highest BCUT2D eigenvalue weighted by atomic mass is 35.5. The minimum Gasteiger partial charge on any atom is -0.353 e. The fourth-order valence-corrected chi connectivity index (χ4v) is 5.39. The summed E-state index contributed by atoms with van der Waals surface area (Å²) in [5.74, 6) is 0.977. The SMILES string of the molecule is CC1CN(c2ncnc3ccccc23)CCN1[C@H]1CNCCN1C(=O)[C@H](N)Cc1ccc(Cl)cc1. The number of carbonyl (C=O) groups excluding carboxylic acids is 1. The molecule has 5 rings (SSSR count). The van der Waals surface area contributed by atoms with E-state index in [1.54, 1.807) is 6.33 Å². The first kappa shape index (κ1) is 23.9. The molecule has 3 aromatic rings. The van der Waals surface area contributed by atoms with Gasteiger partial charge in [-0.05, 0) is 43.2 Å². The molecule has 2 aliphatic rings. The zero-order valence-electron chi connectivity index (χ0n) is 20.0. The van der Waals surface area contributed by atoms with Gasteiger partial charge in [-0.2, -0.15) is 0 Å². The van der Waals surface area contributed by atoms with E-state index in [2.05, 4.69) is 38.1 Å². The van der Waals surface area contributed by atoms with Crippen molar-refractivity contribution in [1.29, 1.82) is 0 Å². The molecule has 3 atom stereocenters. The Hall–Kier alpha value is -2.78. The first-order chi connectivity index (χ1) is 17.0. The standard InChI is InChI=1S/C26H32ClN7O/c1-18-16-32(25-21-4-2-3-5-23(21)30-17-31-25)12-13-33(18)24-15-29-10-11-34(24)26(35)22(28)14-19-6-8-20(27)9-7-19/h2-9,17-18,22,24,29H,10-16,28H2,1H3/t18?,22-,24-/m1/s1. The van der Waals surface area contributed by atoms with Crippen LogP contribution in [0.15, 0.2) is 54.9 Å². The maximum absolute atomic E-state index is 13.5. The van der Waals surface area contributed by atoms with Crippen molar-refractivity contribution in [3.63, 3.8) is 0 Å². The van der Waals surface area contributed by atoms with Gasteiger partial charge in [0.25, 0.3) is 0 Å². The average molecular weight is 494 g/mol. The topological polar surface area (TPSA) is 90.6 Å². The van der Waals surface area contributed by atoms with E-state index in [1.807, 2.05) is 47.4 Å². The smallest absolute Gasteiger partial charge is 0.241 e. The van der Waals surface area contributed by atoms with Crippen LogP contribution in [0.3, 0.4) is 0 Å². The number of amides is 1. The molecule has 0 saturated carbocycles. The van der Waals surface area contributed by atoms with Crippen LogP contribution < -0.4 is 16.0 Å². The lowest BCUT2D eigenvalue weighted by atomic mass is 10.0. The number of hydrogen-bond donors (Lipinski definition) is 2. The zero-order valence-corrected chi connectivity index (χ0v) is 20.7. The number of piperazine rings is 2. The van der Waals surface area contributed by atoms with Crippen molar-refractivity contribution in [1.82, 2.24) is 25.1 Å². The molecule has 8 nitrogen and oxygen atoms in total. The van der Waals surface area contributed by atoms with Crippen molar-refractivity contribution in [2.75, 3.05) is 44.2 Å². The monoisotopic (exact) mass is 493 g/mol. The molecule has 0 radical (unpaired) electrons. The number of rotatable bonds is 5. The summed E-state index contributed by atoms with van der Waals surface area (Å²) in [4.78, 5) is 29.2. The van der Waals surface area contributed by atoms with Gasteiger partial charge in [-0.25, -0.2) is 9.97 Å². The van der Waals surface area contributed by atoms with E-state index in [0.717, 1.165) is 55.0 Å². The lowest BCUT2D eigenvalue weighted by Gasteiger charge is -2.49. The highest BCUT2D eigenvalue weighted by molar-refractivity contribution is 6.30. The van der Waals surface area contributed by atoms with Crippen LogP contribution in [0.5, 0.6) is 0 Å². The maximum atomic E-state index is 13.5. The van der Waals surface area contributed by atoms with Crippen LogP contribution in [0, 0.1) is 0 Å². The number of para-hydroxylation sites is 1. The molecule has 0 spiro atoms. The summed E-state index contributed by atoms with van der Waals surface area (Å²) >= 11 is 6.00. The number of nitrogens with zero attached hydrogens (tertiary/aromatic N) is 5. The molecule has 3 heterocycles. The summed E-state index contributed by atoms with van der Waals surface area (Å²) in [6.45, 7) is 6.89. The molecule has 1 aromatic heterocycles. The van der Waals surface area contributed by atoms with Gasteiger partial charge in [0.05, 0.1) is 17.7 Å². The predicted molar refractivity (Wildman–Crippen MR) is 139 cm³/mol. The molecule has 2 aliphatic heterocycles. The lowest BCUT2D eigenvalue weighted by molar-refractivity contribution is -0.142. The molecule has 1 unspecified atom stereocenters. The van der Waals surface area contributed by atoms with Crippen molar-refractivity contribution in [2.45, 2.75) is 31.6 Å². The van der Waals surface area contributed by atoms with Crippen LogP contribution in [-0.4, -0.2) is 83.2 Å². The highest BCUT2D eigenvalue weighted by Gasteiger charge is 2.38. The van der Waals surface area contributed by atoms with Gasteiger partial charge in [-0.3, -0.25) is 9.69 Å². The summed E-state index contributed by atoms with van der Waals surface area (Å²) in [7, 11) is 0. The molecule has 2 aromatic carbocycles. The van der Waals surface area contributed by atoms with Crippen LogP contribution in [0.1, 0.15) is 12.5 Å². The number of benzene rings is 2. The first-order valence-corrected chi connectivity index (χ1v) is 12.6. The zero-order chi connectivity index (χ0) is 24.4. The van der Waals surface area contributed by atoms with E-state index in [9.17, 15) is 4.79 Å². The van der Waals surface area contributed by atoms with Crippen LogP contribution in [0.25, 0.3) is 10.9 Å². The van der Waals surface area contributed by atoms with Crippen LogP contribution in [-0.2, 0) is 11.2 Å². The number of anilines is 1. The van der Waals surface area contributed by atoms with Gasteiger partial charge in [-0.1, -0.05) is 35.9 Å². The highest BCUT2D eigenvalue weighted by Crippen LogP contribution is 2.26. The molecule has 0 bridgehead atoms. The maximum Gasteiger partial charge on any atom is 0.241 e. The fourth-order valence-electron chi connectivity index (χ4n) is 5.27. The Morgan fingerprint density at radius 1 is 1.14 bits per heavy atom. The minimum atomic E-state index is -0.583. The number of carbonyl (C=O) groups is 1. The molecular formula is C26H32ClN7O. The molecule has 2 fully saturated rings. The van der Waals surface area contributed by atoms with E-state index < -0.39 is 6.04 Å². The number of nitrogens with one attached hydrogen (secondary N) is 1. The normalized spacial score (nSPS) is 22.4. The third kappa shape index (κ3) is 5.11.